The first-order chi connectivity index (χ1) is 11.6. The number of allylic oxidation sites excluding steroid dienone is 2. The van der Waals surface area contributed by atoms with Crippen LogP contribution in [0.1, 0.15) is 67.7 Å². The van der Waals surface area contributed by atoms with E-state index in [0.717, 1.165) is 24.8 Å². The van der Waals surface area contributed by atoms with Crippen LogP contribution in [-0.2, 0) is 14.3 Å². The predicted octanol–water partition coefficient (Wildman–Crippen LogP) is 4.16. The molecule has 0 aromatic heterocycles. The predicted molar refractivity (Wildman–Crippen MR) is 100.0 cm³/mol. The summed E-state index contributed by atoms with van der Waals surface area (Å²) in [5.41, 5.74) is 1.14. The maximum absolute atomic E-state index is 12.6. The van der Waals surface area contributed by atoms with E-state index < -0.39 is 6.10 Å². The first kappa shape index (κ1) is 21.9. The molecule has 0 bridgehead atoms. The average Bonchev–Trinajstić information content (AvgIpc) is 2.56. The molecular weight excluding hydrogens is 316 g/mol. The number of aliphatic hydroxyl groups excluding tert-OH is 1. The normalized spacial score (nSPS) is 26.9. The van der Waals surface area contributed by atoms with Crippen molar-refractivity contribution in [1.29, 1.82) is 0 Å². The molecule has 144 valence electrons. The topological polar surface area (TPSA) is 63.6 Å². The van der Waals surface area contributed by atoms with Crippen LogP contribution in [0.15, 0.2) is 11.6 Å². The van der Waals surface area contributed by atoms with Gasteiger partial charge in [-0.1, -0.05) is 59.6 Å². The maximum Gasteiger partial charge on any atom is 0.313 e. The zero-order valence-electron chi connectivity index (χ0n) is 16.9. The second kappa shape index (κ2) is 9.51. The zero-order valence-corrected chi connectivity index (χ0v) is 16.9. The first-order valence-corrected chi connectivity index (χ1v) is 9.73. The Morgan fingerprint density at radius 1 is 1.24 bits per heavy atom. The number of ketones is 1. The van der Waals surface area contributed by atoms with Crippen LogP contribution in [0.25, 0.3) is 0 Å². The minimum atomic E-state index is -0.590. The minimum Gasteiger partial charge on any atom is -0.461 e. The van der Waals surface area contributed by atoms with Crippen LogP contribution in [0.2, 0.25) is 0 Å². The number of hydrogen-bond donors (Lipinski definition) is 1. The Morgan fingerprint density at radius 2 is 1.84 bits per heavy atom. The summed E-state index contributed by atoms with van der Waals surface area (Å²) in [6.07, 6.45) is 3.90. The van der Waals surface area contributed by atoms with Crippen LogP contribution < -0.4 is 0 Å². The summed E-state index contributed by atoms with van der Waals surface area (Å²) in [5.74, 6) is -0.179. The summed E-state index contributed by atoms with van der Waals surface area (Å²) in [7, 11) is 0. The minimum absolute atomic E-state index is 0.00185. The number of hydrogen-bond acceptors (Lipinski definition) is 4. The summed E-state index contributed by atoms with van der Waals surface area (Å²) >= 11 is 0. The van der Waals surface area contributed by atoms with E-state index >= 15 is 0 Å². The van der Waals surface area contributed by atoms with Crippen LogP contribution in [0.3, 0.4) is 0 Å². The van der Waals surface area contributed by atoms with Gasteiger partial charge < -0.3 is 9.84 Å². The van der Waals surface area contributed by atoms with E-state index in [4.69, 9.17) is 4.74 Å². The Bertz CT molecular complexity index is 496. The molecule has 4 heteroatoms. The Balaban J connectivity index is 2.62. The fourth-order valence-corrected chi connectivity index (χ4v) is 3.80. The van der Waals surface area contributed by atoms with Crippen molar-refractivity contribution in [2.75, 3.05) is 0 Å². The van der Waals surface area contributed by atoms with Gasteiger partial charge in [0.15, 0.2) is 0 Å². The van der Waals surface area contributed by atoms with Gasteiger partial charge in [0.2, 0.25) is 0 Å². The standard InChI is InChI=1S/C21H36O4/c1-8-13(4)18(22)16(7)19(23)14(5)10-12(3)11-15(6)20-17(9-2)21(24)25-20/h10,13-18,20,22H,8-9,11H2,1-7H3/b12-10+. The van der Waals surface area contributed by atoms with Gasteiger partial charge in [0.25, 0.3) is 0 Å². The van der Waals surface area contributed by atoms with Crippen LogP contribution in [-0.4, -0.2) is 29.1 Å². The number of cyclic esters (lactones) is 1. The SMILES string of the molecule is CCC(C)C(O)C(C)C(=O)C(C)/C=C(\C)CC(C)C1OC(=O)C1CC. The molecule has 1 heterocycles. The summed E-state index contributed by atoms with van der Waals surface area (Å²) in [5, 5.41) is 10.3. The molecule has 1 aliphatic rings. The van der Waals surface area contributed by atoms with Gasteiger partial charge in [-0.15, -0.1) is 0 Å². The molecule has 25 heavy (non-hydrogen) atoms. The van der Waals surface area contributed by atoms with Crippen molar-refractivity contribution in [3.63, 3.8) is 0 Å². The highest BCUT2D eigenvalue weighted by Gasteiger charge is 2.43. The molecule has 0 saturated carbocycles. The monoisotopic (exact) mass is 352 g/mol. The molecule has 0 radical (unpaired) electrons. The van der Waals surface area contributed by atoms with Crippen molar-refractivity contribution in [2.45, 2.75) is 79.9 Å². The molecule has 7 unspecified atom stereocenters. The Hall–Kier alpha value is -1.16. The molecule has 0 aromatic rings. The lowest BCUT2D eigenvalue weighted by Crippen LogP contribution is -2.48. The van der Waals surface area contributed by atoms with E-state index in [2.05, 4.69) is 6.92 Å². The van der Waals surface area contributed by atoms with Crippen molar-refractivity contribution in [1.82, 2.24) is 0 Å². The van der Waals surface area contributed by atoms with Gasteiger partial charge in [-0.05, 0) is 31.6 Å². The summed E-state index contributed by atoms with van der Waals surface area (Å²) in [4.78, 5) is 24.0. The average molecular weight is 353 g/mol. The molecule has 1 fully saturated rings. The molecule has 7 atom stereocenters. The third-order valence-electron chi connectivity index (χ3n) is 5.77. The van der Waals surface area contributed by atoms with Crippen molar-refractivity contribution >= 4 is 11.8 Å². The van der Waals surface area contributed by atoms with Gasteiger partial charge in [-0.2, -0.15) is 0 Å². The quantitative estimate of drug-likeness (QED) is 0.474. The Kier molecular flexibility index (Phi) is 8.33. The summed E-state index contributed by atoms with van der Waals surface area (Å²) in [6, 6.07) is 0. The fraction of sp³-hybridized carbons (Fsp3) is 0.810. The second-order valence-electron chi connectivity index (χ2n) is 7.97. The molecule has 1 rings (SSSR count). The van der Waals surface area contributed by atoms with Gasteiger partial charge in [0.1, 0.15) is 11.9 Å². The first-order valence-electron chi connectivity index (χ1n) is 9.73. The maximum atomic E-state index is 12.6. The van der Waals surface area contributed by atoms with Crippen molar-refractivity contribution in [3.05, 3.63) is 11.6 Å². The lowest BCUT2D eigenvalue weighted by molar-refractivity contribution is -0.191. The van der Waals surface area contributed by atoms with E-state index in [1.165, 1.54) is 0 Å². The molecular formula is C21H36O4. The van der Waals surface area contributed by atoms with E-state index in [1.54, 1.807) is 0 Å². The lowest BCUT2D eigenvalue weighted by Gasteiger charge is -2.38. The van der Waals surface area contributed by atoms with E-state index in [9.17, 15) is 14.7 Å². The van der Waals surface area contributed by atoms with E-state index in [-0.39, 0.29) is 47.4 Å². The van der Waals surface area contributed by atoms with Gasteiger partial charge in [-0.25, -0.2) is 0 Å². The van der Waals surface area contributed by atoms with Gasteiger partial charge in [0, 0.05) is 11.8 Å². The number of carbonyl (C=O) groups is 2. The molecule has 1 aliphatic heterocycles. The van der Waals surface area contributed by atoms with Crippen molar-refractivity contribution < 1.29 is 19.4 Å². The zero-order chi connectivity index (χ0) is 19.3. The van der Waals surface area contributed by atoms with Crippen molar-refractivity contribution in [3.8, 4) is 0 Å². The van der Waals surface area contributed by atoms with Crippen LogP contribution in [0.4, 0.5) is 0 Å². The van der Waals surface area contributed by atoms with E-state index in [0.29, 0.717) is 0 Å². The highest BCUT2D eigenvalue weighted by Crippen LogP contribution is 2.34. The van der Waals surface area contributed by atoms with E-state index in [1.807, 2.05) is 47.6 Å². The molecule has 1 N–H and O–H groups in total. The van der Waals surface area contributed by atoms with Crippen LogP contribution >= 0.6 is 0 Å². The summed E-state index contributed by atoms with van der Waals surface area (Å²) in [6.45, 7) is 13.9. The number of ether oxygens (including phenoxy) is 1. The lowest BCUT2D eigenvalue weighted by atomic mass is 9.81. The molecule has 0 spiro atoms. The van der Waals surface area contributed by atoms with Gasteiger partial charge >= 0.3 is 5.97 Å². The molecule has 1 saturated heterocycles. The summed E-state index contributed by atoms with van der Waals surface area (Å²) < 4.78 is 5.30. The second-order valence-corrected chi connectivity index (χ2v) is 7.97. The number of rotatable bonds is 10. The number of aliphatic hydroxyl groups is 1. The van der Waals surface area contributed by atoms with Gasteiger partial charge in [0.05, 0.1) is 12.0 Å². The smallest absolute Gasteiger partial charge is 0.313 e. The molecule has 0 amide bonds. The largest absolute Gasteiger partial charge is 0.461 e. The van der Waals surface area contributed by atoms with Crippen LogP contribution in [0.5, 0.6) is 0 Å². The number of esters is 1. The molecule has 0 aromatic carbocycles. The third kappa shape index (κ3) is 5.40. The Labute approximate surface area is 153 Å². The number of carbonyl (C=O) groups excluding carboxylic acids is 2. The van der Waals surface area contributed by atoms with Gasteiger partial charge in [-0.3, -0.25) is 9.59 Å². The molecule has 4 nitrogen and oxygen atoms in total. The molecule has 0 aliphatic carbocycles. The third-order valence-corrected chi connectivity index (χ3v) is 5.77. The number of Topliss-reactive ketones (excluding diaryl/α,β-unsaturated/α-hetero) is 1. The van der Waals surface area contributed by atoms with Crippen LogP contribution in [0, 0.1) is 29.6 Å². The highest BCUT2D eigenvalue weighted by atomic mass is 16.6. The van der Waals surface area contributed by atoms with Crippen molar-refractivity contribution in [2.24, 2.45) is 29.6 Å². The Morgan fingerprint density at radius 3 is 2.32 bits per heavy atom. The highest BCUT2D eigenvalue weighted by molar-refractivity contribution is 5.85. The fourth-order valence-electron chi connectivity index (χ4n) is 3.80.